The maximum Gasteiger partial charge on any atom is 0.115 e. The van der Waals surface area contributed by atoms with Gasteiger partial charge in [0.15, 0.2) is 0 Å². The molecular weight excluding hydrogens is 250 g/mol. The number of nitrogens with zero attached hydrogens (tertiary/aromatic N) is 1. The Morgan fingerprint density at radius 1 is 0.850 bits per heavy atom. The second kappa shape index (κ2) is 11.5. The number of hydrogen-bond acceptors (Lipinski definition) is 3. The molecule has 0 spiro atoms. The van der Waals surface area contributed by atoms with Gasteiger partial charge in [0.2, 0.25) is 0 Å². The van der Waals surface area contributed by atoms with Crippen LogP contribution in [0.15, 0.2) is 59.8 Å². The zero-order valence-electron chi connectivity index (χ0n) is 12.0. The van der Waals surface area contributed by atoms with Crippen LogP contribution in [0.3, 0.4) is 0 Å². The lowest BCUT2D eigenvalue weighted by molar-refractivity contribution is 0.475. The molecule has 20 heavy (non-hydrogen) atoms. The topological polar surface area (TPSA) is 49.7 Å². The third kappa shape index (κ3) is 7.67. The van der Waals surface area contributed by atoms with E-state index in [2.05, 4.69) is 17.0 Å². The maximum atomic E-state index is 9.09. The number of nitroso groups, excluding NO2 is 1. The van der Waals surface area contributed by atoms with Gasteiger partial charge in [-0.05, 0) is 36.4 Å². The quantitative estimate of drug-likeness (QED) is 0.575. The second-order valence-corrected chi connectivity index (χ2v) is 3.35. The predicted octanol–water partition coefficient (Wildman–Crippen LogP) is 4.20. The molecule has 0 atom stereocenters. The second-order valence-electron chi connectivity index (χ2n) is 3.35. The molecular formula is C17H19NO2. The summed E-state index contributed by atoms with van der Waals surface area (Å²) in [6.07, 6.45) is 0. The molecule has 0 aliphatic rings. The van der Waals surface area contributed by atoms with E-state index in [1.54, 1.807) is 24.3 Å². The lowest BCUT2D eigenvalue weighted by Gasteiger charge is -1.91. The summed E-state index contributed by atoms with van der Waals surface area (Å²) in [5.74, 6) is 6.34. The highest BCUT2D eigenvalue weighted by atomic mass is 16.3. The Hall–Kier alpha value is -2.60. The molecule has 0 fully saturated rings. The van der Waals surface area contributed by atoms with Crippen LogP contribution in [0.2, 0.25) is 0 Å². The van der Waals surface area contributed by atoms with Crippen molar-refractivity contribution >= 4 is 0 Å². The van der Waals surface area contributed by atoms with Crippen molar-refractivity contribution in [3.05, 3.63) is 70.6 Å². The number of rotatable bonds is 0. The lowest BCUT2D eigenvalue weighted by Crippen LogP contribution is -1.74. The smallest absolute Gasteiger partial charge is 0.115 e. The summed E-state index contributed by atoms with van der Waals surface area (Å²) in [5, 5.41) is 11.3. The van der Waals surface area contributed by atoms with E-state index in [9.17, 15) is 0 Å². The Labute approximate surface area is 120 Å². The number of phenolic OH excluding ortho intramolecular Hbond substituents is 1. The largest absolute Gasteiger partial charge is 0.508 e. The minimum absolute atomic E-state index is 0.264. The molecule has 0 saturated carbocycles. The fourth-order valence-electron chi connectivity index (χ4n) is 1.21. The Morgan fingerprint density at radius 2 is 1.25 bits per heavy atom. The summed E-state index contributed by atoms with van der Waals surface area (Å²) < 4.78 is 0. The molecule has 0 aromatic heterocycles. The van der Waals surface area contributed by atoms with Crippen LogP contribution in [0.4, 0.5) is 0 Å². The van der Waals surface area contributed by atoms with Crippen molar-refractivity contribution < 1.29 is 5.11 Å². The Kier molecular flexibility index (Phi) is 9.99. The van der Waals surface area contributed by atoms with Crippen LogP contribution in [0.5, 0.6) is 5.75 Å². The minimum atomic E-state index is 0.264. The third-order valence-electron chi connectivity index (χ3n) is 1.99. The van der Waals surface area contributed by atoms with Gasteiger partial charge >= 0.3 is 0 Å². The van der Waals surface area contributed by atoms with Crippen LogP contribution in [0.1, 0.15) is 25.0 Å². The molecule has 2 rings (SSSR count). The number of benzene rings is 2. The number of aromatic hydroxyl groups is 1. The zero-order valence-corrected chi connectivity index (χ0v) is 12.0. The first-order valence-electron chi connectivity index (χ1n) is 6.34. The van der Waals surface area contributed by atoms with Gasteiger partial charge in [-0.1, -0.05) is 49.1 Å². The molecule has 2 aromatic carbocycles. The molecule has 0 amide bonds. The summed E-state index contributed by atoms with van der Waals surface area (Å²) in [4.78, 5) is 8.56. The number of phenols is 1. The highest BCUT2D eigenvalue weighted by Gasteiger charge is 1.87. The van der Waals surface area contributed by atoms with E-state index in [1.165, 1.54) is 7.05 Å². The van der Waals surface area contributed by atoms with Gasteiger partial charge < -0.3 is 5.11 Å². The van der Waals surface area contributed by atoms with Gasteiger partial charge in [-0.25, -0.2) is 0 Å². The van der Waals surface area contributed by atoms with E-state index in [0.29, 0.717) is 0 Å². The molecule has 1 N–H and O–H groups in total. The SMILES string of the molecule is CC.CN=O.Oc1ccc(C#Cc2ccccc2)cc1. The molecule has 0 aliphatic carbocycles. The molecule has 0 radical (unpaired) electrons. The van der Waals surface area contributed by atoms with Gasteiger partial charge in [0.05, 0.1) is 7.05 Å². The van der Waals surface area contributed by atoms with E-state index in [1.807, 2.05) is 44.2 Å². The predicted molar refractivity (Wildman–Crippen MR) is 83.6 cm³/mol. The first kappa shape index (κ1) is 17.4. The van der Waals surface area contributed by atoms with Crippen molar-refractivity contribution in [2.75, 3.05) is 7.05 Å². The Balaban J connectivity index is 0.000000641. The van der Waals surface area contributed by atoms with Gasteiger partial charge in [-0.3, -0.25) is 0 Å². The summed E-state index contributed by atoms with van der Waals surface area (Å²) in [7, 11) is 1.19. The van der Waals surface area contributed by atoms with Crippen LogP contribution in [-0.2, 0) is 0 Å². The first-order chi connectivity index (χ1) is 9.76. The standard InChI is InChI=1S/C14H10O.C2H6.CH3NO/c15-14-10-8-13(9-11-14)7-6-12-4-2-1-3-5-12;1-2;1-2-3/h1-5,8-11,15H;1-2H3;1H3. The van der Waals surface area contributed by atoms with Crippen molar-refractivity contribution in [1.29, 1.82) is 0 Å². The van der Waals surface area contributed by atoms with Crippen LogP contribution >= 0.6 is 0 Å². The van der Waals surface area contributed by atoms with Crippen molar-refractivity contribution in [3.63, 3.8) is 0 Å². The van der Waals surface area contributed by atoms with E-state index < -0.39 is 0 Å². The molecule has 0 unspecified atom stereocenters. The minimum Gasteiger partial charge on any atom is -0.508 e. The van der Waals surface area contributed by atoms with E-state index >= 15 is 0 Å². The number of hydrogen-bond donors (Lipinski definition) is 1. The summed E-state index contributed by atoms with van der Waals surface area (Å²) >= 11 is 0. The van der Waals surface area contributed by atoms with E-state index in [-0.39, 0.29) is 5.75 Å². The lowest BCUT2D eigenvalue weighted by atomic mass is 10.2. The van der Waals surface area contributed by atoms with Crippen LogP contribution < -0.4 is 0 Å². The molecule has 0 bridgehead atoms. The van der Waals surface area contributed by atoms with Gasteiger partial charge in [0.1, 0.15) is 5.75 Å². The molecule has 104 valence electrons. The summed E-state index contributed by atoms with van der Waals surface area (Å²) in [6, 6.07) is 16.7. The molecule has 3 heteroatoms. The van der Waals surface area contributed by atoms with E-state index in [4.69, 9.17) is 10.0 Å². The summed E-state index contributed by atoms with van der Waals surface area (Å²) in [5.41, 5.74) is 1.89. The highest BCUT2D eigenvalue weighted by Crippen LogP contribution is 2.08. The Bertz CT molecular complexity index is 537. The zero-order chi connectivity index (χ0) is 15.2. The van der Waals surface area contributed by atoms with Crippen molar-refractivity contribution in [3.8, 4) is 17.6 Å². The third-order valence-corrected chi connectivity index (χ3v) is 1.99. The van der Waals surface area contributed by atoms with Crippen LogP contribution in [-0.4, -0.2) is 12.2 Å². The average molecular weight is 269 g/mol. The molecule has 2 aromatic rings. The van der Waals surface area contributed by atoms with Crippen molar-refractivity contribution in [2.24, 2.45) is 5.18 Å². The fraction of sp³-hybridized carbons (Fsp3) is 0.176. The van der Waals surface area contributed by atoms with Crippen molar-refractivity contribution in [1.82, 2.24) is 0 Å². The highest BCUT2D eigenvalue weighted by molar-refractivity contribution is 5.43. The normalized spacial score (nSPS) is 7.75. The van der Waals surface area contributed by atoms with Crippen LogP contribution in [0, 0.1) is 16.7 Å². The van der Waals surface area contributed by atoms with Crippen molar-refractivity contribution in [2.45, 2.75) is 13.8 Å². The van der Waals surface area contributed by atoms with Gasteiger partial charge in [-0.2, -0.15) is 4.91 Å². The van der Waals surface area contributed by atoms with Gasteiger partial charge in [0.25, 0.3) is 0 Å². The monoisotopic (exact) mass is 269 g/mol. The summed E-state index contributed by atoms with van der Waals surface area (Å²) in [6.45, 7) is 4.00. The van der Waals surface area contributed by atoms with Gasteiger partial charge in [-0.15, -0.1) is 0 Å². The Morgan fingerprint density at radius 3 is 1.70 bits per heavy atom. The van der Waals surface area contributed by atoms with Crippen LogP contribution in [0.25, 0.3) is 0 Å². The van der Waals surface area contributed by atoms with E-state index in [0.717, 1.165) is 11.1 Å². The molecule has 0 heterocycles. The molecule has 0 saturated heterocycles. The maximum absolute atomic E-state index is 9.09. The average Bonchev–Trinajstić information content (AvgIpc) is 2.51. The molecule has 0 aliphatic heterocycles. The fourth-order valence-corrected chi connectivity index (χ4v) is 1.21. The van der Waals surface area contributed by atoms with Gasteiger partial charge in [0, 0.05) is 11.1 Å². The first-order valence-corrected chi connectivity index (χ1v) is 6.34. The molecule has 3 nitrogen and oxygen atoms in total.